The Morgan fingerprint density at radius 3 is 2.59 bits per heavy atom. The van der Waals surface area contributed by atoms with Gasteiger partial charge in [-0.1, -0.05) is 0 Å². The van der Waals surface area contributed by atoms with Gasteiger partial charge in [-0.3, -0.25) is 9.59 Å². The summed E-state index contributed by atoms with van der Waals surface area (Å²) >= 11 is 0. The Morgan fingerprint density at radius 1 is 1.53 bits per heavy atom. The fraction of sp³-hybridized carbons (Fsp3) is 0.400. The number of nitrogens with zero attached hydrogens (tertiary/aromatic N) is 2. The molecule has 7 heteroatoms. The van der Waals surface area contributed by atoms with E-state index in [1.54, 1.807) is 0 Å². The van der Waals surface area contributed by atoms with Crippen LogP contribution in [0.2, 0.25) is 0 Å². The molecule has 1 aliphatic heterocycles. The standard InChI is InChI=1S/C5H5N3O.C5H9NO2/c6-5(9)4-1-2-7-3-8-4;7-5(8)4-2-1-3-6-4/h1-3H,(H2,6,9);4,6H,1-3H2,(H,7,8). The number of carboxylic acids is 1. The monoisotopic (exact) mass is 238 g/mol. The number of amides is 1. The fourth-order valence-electron chi connectivity index (χ4n) is 1.33. The first-order chi connectivity index (χ1) is 8.11. The highest BCUT2D eigenvalue weighted by Gasteiger charge is 2.20. The van der Waals surface area contributed by atoms with E-state index in [0.29, 0.717) is 0 Å². The zero-order chi connectivity index (χ0) is 12.7. The van der Waals surface area contributed by atoms with Crippen molar-refractivity contribution in [1.29, 1.82) is 0 Å². The van der Waals surface area contributed by atoms with E-state index >= 15 is 0 Å². The minimum absolute atomic E-state index is 0.241. The van der Waals surface area contributed by atoms with Crippen LogP contribution in [0, 0.1) is 0 Å². The second-order valence-corrected chi connectivity index (χ2v) is 3.45. The molecule has 1 aliphatic rings. The lowest BCUT2D eigenvalue weighted by atomic mass is 10.2. The first-order valence-corrected chi connectivity index (χ1v) is 5.13. The number of aliphatic carboxylic acids is 1. The quantitative estimate of drug-likeness (QED) is 0.633. The molecule has 0 spiro atoms. The Kier molecular flexibility index (Phi) is 5.02. The van der Waals surface area contributed by atoms with Crippen LogP contribution in [0.4, 0.5) is 0 Å². The molecule has 2 rings (SSSR count). The second-order valence-electron chi connectivity index (χ2n) is 3.45. The molecule has 1 aromatic heterocycles. The third-order valence-electron chi connectivity index (χ3n) is 2.19. The number of nitrogens with two attached hydrogens (primary N) is 1. The van der Waals surface area contributed by atoms with E-state index in [9.17, 15) is 9.59 Å². The van der Waals surface area contributed by atoms with Crippen LogP contribution >= 0.6 is 0 Å². The summed E-state index contributed by atoms with van der Waals surface area (Å²) in [5.74, 6) is -1.25. The van der Waals surface area contributed by atoms with Crippen molar-refractivity contribution in [3.8, 4) is 0 Å². The Morgan fingerprint density at radius 2 is 2.29 bits per heavy atom. The van der Waals surface area contributed by atoms with Crippen molar-refractivity contribution in [2.45, 2.75) is 18.9 Å². The second kappa shape index (κ2) is 6.54. The van der Waals surface area contributed by atoms with Gasteiger partial charge in [0.25, 0.3) is 5.91 Å². The average molecular weight is 238 g/mol. The highest BCUT2D eigenvalue weighted by atomic mass is 16.4. The maximum atomic E-state index is 10.3. The van der Waals surface area contributed by atoms with E-state index in [4.69, 9.17) is 10.8 Å². The van der Waals surface area contributed by atoms with Gasteiger partial charge in [-0.05, 0) is 25.5 Å². The molecule has 1 saturated heterocycles. The summed E-state index contributed by atoms with van der Waals surface area (Å²) < 4.78 is 0. The van der Waals surface area contributed by atoms with E-state index in [1.165, 1.54) is 18.6 Å². The maximum Gasteiger partial charge on any atom is 0.320 e. The number of nitrogens with one attached hydrogen (secondary N) is 1. The summed E-state index contributed by atoms with van der Waals surface area (Å²) in [5, 5.41) is 11.2. The van der Waals surface area contributed by atoms with E-state index in [-0.39, 0.29) is 11.7 Å². The molecule has 0 aliphatic carbocycles. The van der Waals surface area contributed by atoms with Gasteiger partial charge in [-0.25, -0.2) is 9.97 Å². The number of carbonyl (C=O) groups is 2. The average Bonchev–Trinajstić information content (AvgIpc) is 2.84. The van der Waals surface area contributed by atoms with Gasteiger partial charge >= 0.3 is 5.97 Å². The normalized spacial score (nSPS) is 18.0. The number of hydrogen-bond donors (Lipinski definition) is 3. The molecule has 0 saturated carbocycles. The van der Waals surface area contributed by atoms with Gasteiger partial charge in [0.05, 0.1) is 0 Å². The predicted molar refractivity (Wildman–Crippen MR) is 59.2 cm³/mol. The molecular weight excluding hydrogens is 224 g/mol. The zero-order valence-electron chi connectivity index (χ0n) is 9.17. The summed E-state index contributed by atoms with van der Waals surface area (Å²) in [7, 11) is 0. The van der Waals surface area contributed by atoms with Gasteiger partial charge in [0.1, 0.15) is 18.1 Å². The molecular formula is C10H14N4O3. The number of carboxylic acid groups (broad SMARTS) is 1. The SMILES string of the molecule is NC(=O)c1ccncn1.O=C(O)C1CCCN1. The number of hydrogen-bond acceptors (Lipinski definition) is 5. The molecule has 4 N–H and O–H groups in total. The van der Waals surface area contributed by atoms with Crippen molar-refractivity contribution >= 4 is 11.9 Å². The van der Waals surface area contributed by atoms with Gasteiger partial charge in [0, 0.05) is 6.20 Å². The zero-order valence-corrected chi connectivity index (χ0v) is 9.17. The highest BCUT2D eigenvalue weighted by Crippen LogP contribution is 2.03. The smallest absolute Gasteiger partial charge is 0.320 e. The third kappa shape index (κ3) is 4.56. The topological polar surface area (TPSA) is 118 Å². The highest BCUT2D eigenvalue weighted by molar-refractivity contribution is 5.90. The first-order valence-electron chi connectivity index (χ1n) is 5.13. The van der Waals surface area contributed by atoms with Crippen molar-refractivity contribution in [2.75, 3.05) is 6.54 Å². The summed E-state index contributed by atoms with van der Waals surface area (Å²) in [6.45, 7) is 0.858. The molecule has 17 heavy (non-hydrogen) atoms. The maximum absolute atomic E-state index is 10.3. The van der Waals surface area contributed by atoms with Gasteiger partial charge in [0.2, 0.25) is 0 Å². The van der Waals surface area contributed by atoms with Gasteiger partial charge < -0.3 is 16.2 Å². The van der Waals surface area contributed by atoms with Crippen molar-refractivity contribution in [1.82, 2.24) is 15.3 Å². The lowest BCUT2D eigenvalue weighted by molar-refractivity contribution is -0.139. The molecule has 1 amide bonds. The van der Waals surface area contributed by atoms with Crippen LogP contribution in [-0.2, 0) is 4.79 Å². The minimum Gasteiger partial charge on any atom is -0.480 e. The van der Waals surface area contributed by atoms with Crippen molar-refractivity contribution < 1.29 is 14.7 Å². The number of carbonyl (C=O) groups excluding carboxylic acids is 1. The Bertz CT molecular complexity index is 376. The van der Waals surface area contributed by atoms with Gasteiger partial charge in [-0.15, -0.1) is 0 Å². The van der Waals surface area contributed by atoms with E-state index in [2.05, 4.69) is 15.3 Å². The lowest BCUT2D eigenvalue weighted by Crippen LogP contribution is -2.29. The van der Waals surface area contributed by atoms with Crippen LogP contribution in [0.25, 0.3) is 0 Å². The van der Waals surface area contributed by atoms with Crippen LogP contribution in [0.1, 0.15) is 23.3 Å². The first kappa shape index (κ1) is 13.0. The molecule has 92 valence electrons. The van der Waals surface area contributed by atoms with Gasteiger partial charge in [0.15, 0.2) is 0 Å². The Balaban J connectivity index is 0.000000171. The molecule has 1 fully saturated rings. The van der Waals surface area contributed by atoms with Crippen LogP contribution in [0.15, 0.2) is 18.6 Å². The Labute approximate surface area is 98.1 Å². The van der Waals surface area contributed by atoms with Crippen LogP contribution in [0.5, 0.6) is 0 Å². The summed E-state index contributed by atoms with van der Waals surface area (Å²) in [4.78, 5) is 27.7. The van der Waals surface area contributed by atoms with E-state index in [1.807, 2.05) is 0 Å². The summed E-state index contributed by atoms with van der Waals surface area (Å²) in [5.41, 5.74) is 5.13. The van der Waals surface area contributed by atoms with Crippen LogP contribution < -0.4 is 11.1 Å². The molecule has 1 unspecified atom stereocenters. The summed E-state index contributed by atoms with van der Waals surface area (Å²) in [6, 6.07) is 1.19. The predicted octanol–water partition coefficient (Wildman–Crippen LogP) is -0.601. The largest absolute Gasteiger partial charge is 0.480 e. The molecule has 7 nitrogen and oxygen atoms in total. The van der Waals surface area contributed by atoms with Gasteiger partial charge in [-0.2, -0.15) is 0 Å². The van der Waals surface area contributed by atoms with E-state index in [0.717, 1.165) is 19.4 Å². The summed E-state index contributed by atoms with van der Waals surface area (Å²) in [6.07, 6.45) is 4.53. The molecule has 0 bridgehead atoms. The van der Waals surface area contributed by atoms with Crippen molar-refractivity contribution in [2.24, 2.45) is 5.73 Å². The molecule has 0 radical (unpaired) electrons. The number of primary amides is 1. The van der Waals surface area contributed by atoms with Crippen molar-refractivity contribution in [3.05, 3.63) is 24.3 Å². The van der Waals surface area contributed by atoms with Crippen LogP contribution in [-0.4, -0.2) is 39.5 Å². The van der Waals surface area contributed by atoms with Crippen LogP contribution in [0.3, 0.4) is 0 Å². The van der Waals surface area contributed by atoms with E-state index < -0.39 is 11.9 Å². The Hall–Kier alpha value is -2.02. The third-order valence-corrected chi connectivity index (χ3v) is 2.19. The molecule has 0 aromatic carbocycles. The fourth-order valence-corrected chi connectivity index (χ4v) is 1.33. The molecule has 1 atom stereocenters. The molecule has 1 aromatic rings. The molecule has 2 heterocycles. The lowest BCUT2D eigenvalue weighted by Gasteiger charge is -1.99. The minimum atomic E-state index is -0.720. The number of rotatable bonds is 2. The van der Waals surface area contributed by atoms with Crippen molar-refractivity contribution in [3.63, 3.8) is 0 Å². The number of aromatic nitrogens is 2.